The van der Waals surface area contributed by atoms with Crippen LogP contribution in [-0.4, -0.2) is 77.6 Å². The van der Waals surface area contributed by atoms with Crippen LogP contribution in [0.3, 0.4) is 0 Å². The van der Waals surface area contributed by atoms with Gasteiger partial charge in [0.2, 0.25) is 5.95 Å². The average Bonchev–Trinajstić information content (AvgIpc) is 3.41. The van der Waals surface area contributed by atoms with Crippen LogP contribution in [0, 0.1) is 12.3 Å². The van der Waals surface area contributed by atoms with E-state index < -0.39 is 56.3 Å². The zero-order valence-electron chi connectivity index (χ0n) is 17.8. The van der Waals surface area contributed by atoms with Crippen LogP contribution in [0.1, 0.15) is 26.0 Å². The molecule has 0 unspecified atom stereocenters. The highest BCUT2D eigenvalue weighted by atomic mass is 31.2. The quantitative estimate of drug-likeness (QED) is 0.219. The van der Waals surface area contributed by atoms with Crippen LogP contribution < -0.4 is 10.9 Å². The van der Waals surface area contributed by atoms with Crippen molar-refractivity contribution in [3.8, 4) is 12.3 Å². The molecule has 4 rings (SSSR count). The number of carbonyl (C=O) groups is 1. The molecule has 0 saturated carbocycles. The minimum Gasteiger partial charge on any atom is -0.481 e. The molecule has 16 heteroatoms. The van der Waals surface area contributed by atoms with Crippen LogP contribution in [0.2, 0.25) is 0 Å². The van der Waals surface area contributed by atoms with Gasteiger partial charge in [0.15, 0.2) is 23.2 Å². The second-order valence-electron chi connectivity index (χ2n) is 7.84. The molecule has 15 nitrogen and oxygen atoms in total. The van der Waals surface area contributed by atoms with E-state index >= 15 is 0 Å². The van der Waals surface area contributed by atoms with Gasteiger partial charge in [0.1, 0.15) is 18.3 Å². The van der Waals surface area contributed by atoms with E-state index in [9.17, 15) is 14.2 Å². The summed E-state index contributed by atoms with van der Waals surface area (Å²) in [4.78, 5) is 52.6. The Kier molecular flexibility index (Phi) is 6.49. The molecule has 2 aromatic heterocycles. The number of phosphoric ester groups is 1. The maximum absolute atomic E-state index is 12.4. The SMILES string of the molecule is C#CCNc1nc2c(ncn2[C@@H]2O[C@H](COP(=O)(O)O)[C@H]3O[C@](C)(CCC(=O)O)O[C@H]32)c(=O)[nH]1. The summed E-state index contributed by atoms with van der Waals surface area (Å²) in [5.74, 6) is 0.108. The number of anilines is 1. The zero-order chi connectivity index (χ0) is 24.7. The number of aromatic nitrogens is 4. The van der Waals surface area contributed by atoms with Crippen molar-refractivity contribution in [1.29, 1.82) is 0 Å². The summed E-state index contributed by atoms with van der Waals surface area (Å²) < 4.78 is 35.2. The van der Waals surface area contributed by atoms with Crippen LogP contribution in [0.4, 0.5) is 5.95 Å². The summed E-state index contributed by atoms with van der Waals surface area (Å²) >= 11 is 0. The molecule has 34 heavy (non-hydrogen) atoms. The molecule has 0 amide bonds. The molecule has 0 bridgehead atoms. The molecule has 184 valence electrons. The van der Waals surface area contributed by atoms with Gasteiger partial charge in [0.05, 0.1) is 25.9 Å². The lowest BCUT2D eigenvalue weighted by molar-refractivity contribution is -0.213. The van der Waals surface area contributed by atoms with Crippen molar-refractivity contribution < 1.29 is 43.0 Å². The largest absolute Gasteiger partial charge is 0.481 e. The lowest BCUT2D eigenvalue weighted by atomic mass is 10.1. The summed E-state index contributed by atoms with van der Waals surface area (Å²) in [7, 11) is -4.81. The van der Waals surface area contributed by atoms with Crippen molar-refractivity contribution >= 4 is 30.9 Å². The Morgan fingerprint density at radius 2 is 2.18 bits per heavy atom. The molecule has 2 aromatic rings. The van der Waals surface area contributed by atoms with E-state index in [2.05, 4.69) is 30.7 Å². The van der Waals surface area contributed by atoms with Crippen molar-refractivity contribution in [1.82, 2.24) is 19.5 Å². The van der Waals surface area contributed by atoms with Crippen LogP contribution in [0.25, 0.3) is 11.2 Å². The van der Waals surface area contributed by atoms with Crippen LogP contribution in [0.15, 0.2) is 11.1 Å². The Labute approximate surface area is 191 Å². The number of fused-ring (bicyclic) bond motifs is 2. The average molecular weight is 499 g/mol. The van der Waals surface area contributed by atoms with Crippen molar-refractivity contribution in [2.75, 3.05) is 18.5 Å². The second kappa shape index (κ2) is 9.08. The number of hydrogen-bond donors (Lipinski definition) is 5. The van der Waals surface area contributed by atoms with Gasteiger partial charge >= 0.3 is 13.8 Å². The fraction of sp³-hybridized carbons (Fsp3) is 0.556. The van der Waals surface area contributed by atoms with Crippen LogP contribution >= 0.6 is 7.82 Å². The number of imidazole rings is 1. The molecule has 0 aliphatic carbocycles. The van der Waals surface area contributed by atoms with Crippen LogP contribution in [0.5, 0.6) is 0 Å². The molecule has 4 heterocycles. The van der Waals surface area contributed by atoms with E-state index in [-0.39, 0.29) is 36.5 Å². The van der Waals surface area contributed by atoms with Crippen molar-refractivity contribution in [3.05, 3.63) is 16.7 Å². The fourth-order valence-electron chi connectivity index (χ4n) is 3.89. The third-order valence-electron chi connectivity index (χ3n) is 5.32. The summed E-state index contributed by atoms with van der Waals surface area (Å²) in [6, 6.07) is 0. The summed E-state index contributed by atoms with van der Waals surface area (Å²) in [6.07, 6.45) is 2.62. The number of hydrogen-bond acceptors (Lipinski definition) is 10. The minimum atomic E-state index is -4.81. The van der Waals surface area contributed by atoms with Gasteiger partial charge in [-0.3, -0.25) is 23.7 Å². The monoisotopic (exact) mass is 499 g/mol. The number of nitrogens with one attached hydrogen (secondary N) is 2. The highest BCUT2D eigenvalue weighted by Gasteiger charge is 2.57. The molecule has 2 aliphatic rings. The maximum atomic E-state index is 12.4. The number of ether oxygens (including phenoxy) is 3. The Morgan fingerprint density at radius 1 is 1.44 bits per heavy atom. The standard InChI is InChI=1S/C18H22N5O10P/c1-3-6-19-17-21-14-11(15(26)22-17)20-8-23(14)16-13-12(9(31-16)7-30-34(27,28)29)32-18(2,33-13)5-4-10(24)25/h1,8-9,12-13,16H,4-7H2,2H3,(H,24,25)(H2,27,28,29)(H2,19,21,22,26)/t9-,12-,13-,16-,18+/m1/s1. The lowest BCUT2D eigenvalue weighted by Gasteiger charge is -2.27. The van der Waals surface area contributed by atoms with Gasteiger partial charge in [-0.05, 0) is 6.92 Å². The first-order valence-corrected chi connectivity index (χ1v) is 11.6. The smallest absolute Gasteiger partial charge is 0.469 e. The van der Waals surface area contributed by atoms with E-state index in [1.54, 1.807) is 6.92 Å². The third-order valence-corrected chi connectivity index (χ3v) is 5.81. The maximum Gasteiger partial charge on any atom is 0.469 e. The van der Waals surface area contributed by atoms with E-state index in [4.69, 9.17) is 35.5 Å². The highest BCUT2D eigenvalue weighted by Crippen LogP contribution is 2.46. The number of H-pyrrole nitrogens is 1. The van der Waals surface area contributed by atoms with Gasteiger partial charge in [0.25, 0.3) is 5.56 Å². The van der Waals surface area contributed by atoms with Crippen molar-refractivity contribution in [2.24, 2.45) is 0 Å². The number of aliphatic carboxylic acids is 1. The molecule has 0 radical (unpaired) electrons. The Bertz CT molecular complexity index is 1230. The van der Waals surface area contributed by atoms with E-state index in [0.29, 0.717) is 0 Å². The molecule has 5 atom stereocenters. The second-order valence-corrected chi connectivity index (χ2v) is 9.08. The van der Waals surface area contributed by atoms with E-state index in [0.717, 1.165) is 0 Å². The number of aromatic amines is 1. The predicted molar refractivity (Wildman–Crippen MR) is 112 cm³/mol. The molecule has 5 N–H and O–H groups in total. The molecule has 0 spiro atoms. The number of phosphoric acid groups is 1. The summed E-state index contributed by atoms with van der Waals surface area (Å²) in [5, 5.41) is 11.8. The number of terminal acetylenes is 1. The number of rotatable bonds is 9. The van der Waals surface area contributed by atoms with Gasteiger partial charge in [0, 0.05) is 6.42 Å². The number of carboxylic acid groups (broad SMARTS) is 1. The molecular weight excluding hydrogens is 477 g/mol. The van der Waals surface area contributed by atoms with Crippen molar-refractivity contribution in [2.45, 2.75) is 50.1 Å². The minimum absolute atomic E-state index is 0.00822. The van der Waals surface area contributed by atoms with Gasteiger partial charge in [-0.1, -0.05) is 5.92 Å². The molecule has 2 aliphatic heterocycles. The summed E-state index contributed by atoms with van der Waals surface area (Å²) in [5.41, 5.74) is -0.394. The number of carboxylic acids is 1. The van der Waals surface area contributed by atoms with Gasteiger partial charge in [-0.15, -0.1) is 6.42 Å². The fourth-order valence-corrected chi connectivity index (χ4v) is 4.23. The Morgan fingerprint density at radius 3 is 2.85 bits per heavy atom. The normalized spacial score (nSPS) is 28.6. The topological polar surface area (TPSA) is 207 Å². The molecule has 2 saturated heterocycles. The highest BCUT2D eigenvalue weighted by molar-refractivity contribution is 7.46. The number of nitrogens with zero attached hydrogens (tertiary/aromatic N) is 3. The summed E-state index contributed by atoms with van der Waals surface area (Å²) in [6.45, 7) is 1.13. The lowest BCUT2D eigenvalue weighted by Crippen LogP contribution is -2.34. The first-order chi connectivity index (χ1) is 16.0. The first-order valence-electron chi connectivity index (χ1n) is 10.1. The molecule has 0 aromatic carbocycles. The Balaban J connectivity index is 1.68. The third kappa shape index (κ3) is 4.98. The molecule has 2 fully saturated rings. The van der Waals surface area contributed by atoms with Gasteiger partial charge in [-0.2, -0.15) is 4.98 Å². The Hall–Kier alpha value is -2.83. The van der Waals surface area contributed by atoms with Gasteiger partial charge < -0.3 is 34.4 Å². The van der Waals surface area contributed by atoms with Gasteiger partial charge in [-0.25, -0.2) is 9.55 Å². The van der Waals surface area contributed by atoms with E-state index in [1.807, 2.05) is 0 Å². The predicted octanol–water partition coefficient (Wildman–Crippen LogP) is -0.464. The van der Waals surface area contributed by atoms with Crippen LogP contribution in [-0.2, 0) is 28.1 Å². The van der Waals surface area contributed by atoms with Crippen molar-refractivity contribution in [3.63, 3.8) is 0 Å². The molecular formula is C18H22N5O10P. The van der Waals surface area contributed by atoms with E-state index in [1.165, 1.54) is 10.9 Å². The zero-order valence-corrected chi connectivity index (χ0v) is 18.7. The first kappa shape index (κ1) is 24.3.